The Morgan fingerprint density at radius 2 is 2.18 bits per heavy atom. The molecule has 3 N–H and O–H groups in total. The Labute approximate surface area is 99.6 Å². The average molecular weight is 232 g/mol. The zero-order valence-corrected chi connectivity index (χ0v) is 10.2. The van der Waals surface area contributed by atoms with Gasteiger partial charge in [0, 0.05) is 11.1 Å². The van der Waals surface area contributed by atoms with E-state index in [1.54, 1.807) is 13.2 Å². The maximum absolute atomic E-state index is 11.9. The van der Waals surface area contributed by atoms with E-state index in [2.05, 4.69) is 20.8 Å². The van der Waals surface area contributed by atoms with E-state index in [1.165, 1.54) is 0 Å². The molecule has 1 aromatic carbocycles. The molecule has 0 fully saturated rings. The predicted octanol–water partition coefficient (Wildman–Crippen LogP) is 1.50. The standard InChI is InChI=1S/C12H16N4O/c1-12(2,13-3)11(17)15-9-4-5-10-8(6-9)7-14-16-10/h4-7,13H,1-3H3,(H,14,16)(H,15,17). The smallest absolute Gasteiger partial charge is 0.244 e. The van der Waals surface area contributed by atoms with Gasteiger partial charge < -0.3 is 10.6 Å². The van der Waals surface area contributed by atoms with Crippen LogP contribution in [0, 0.1) is 0 Å². The number of carbonyl (C=O) groups is 1. The molecule has 0 atom stereocenters. The molecule has 0 aliphatic rings. The highest BCUT2D eigenvalue weighted by atomic mass is 16.2. The molecule has 0 bridgehead atoms. The molecule has 1 amide bonds. The van der Waals surface area contributed by atoms with Crippen molar-refractivity contribution in [1.29, 1.82) is 0 Å². The molecule has 0 saturated carbocycles. The second kappa shape index (κ2) is 4.18. The van der Waals surface area contributed by atoms with Gasteiger partial charge >= 0.3 is 0 Å². The lowest BCUT2D eigenvalue weighted by atomic mass is 10.1. The molecule has 0 saturated heterocycles. The summed E-state index contributed by atoms with van der Waals surface area (Å²) in [5.41, 5.74) is 1.13. The molecule has 90 valence electrons. The van der Waals surface area contributed by atoms with Crippen molar-refractivity contribution in [3.63, 3.8) is 0 Å². The van der Waals surface area contributed by atoms with E-state index >= 15 is 0 Å². The molecule has 0 unspecified atom stereocenters. The molecule has 0 aliphatic heterocycles. The molecule has 1 heterocycles. The van der Waals surface area contributed by atoms with Gasteiger partial charge in [0.15, 0.2) is 0 Å². The van der Waals surface area contributed by atoms with Crippen LogP contribution >= 0.6 is 0 Å². The monoisotopic (exact) mass is 232 g/mol. The number of fused-ring (bicyclic) bond motifs is 1. The number of H-pyrrole nitrogens is 1. The van der Waals surface area contributed by atoms with Crippen LogP contribution in [0.2, 0.25) is 0 Å². The van der Waals surface area contributed by atoms with E-state index in [0.717, 1.165) is 16.6 Å². The Hall–Kier alpha value is -1.88. The lowest BCUT2D eigenvalue weighted by Gasteiger charge is -2.22. The van der Waals surface area contributed by atoms with E-state index in [0.29, 0.717) is 0 Å². The topological polar surface area (TPSA) is 69.8 Å². The number of rotatable bonds is 3. The Morgan fingerprint density at radius 1 is 1.41 bits per heavy atom. The number of aromatic nitrogens is 2. The average Bonchev–Trinajstić information content (AvgIpc) is 2.76. The van der Waals surface area contributed by atoms with E-state index < -0.39 is 5.54 Å². The van der Waals surface area contributed by atoms with Crippen LogP contribution in [-0.4, -0.2) is 28.7 Å². The summed E-state index contributed by atoms with van der Waals surface area (Å²) >= 11 is 0. The second-order valence-electron chi connectivity index (χ2n) is 4.50. The molecule has 2 rings (SSSR count). The van der Waals surface area contributed by atoms with Gasteiger partial charge in [0.1, 0.15) is 0 Å². The number of nitrogens with zero attached hydrogens (tertiary/aromatic N) is 1. The first-order valence-electron chi connectivity index (χ1n) is 5.46. The van der Waals surface area contributed by atoms with Crippen LogP contribution < -0.4 is 10.6 Å². The Kier molecular flexibility index (Phi) is 2.85. The summed E-state index contributed by atoms with van der Waals surface area (Å²) in [6, 6.07) is 5.64. The van der Waals surface area contributed by atoms with E-state index in [1.807, 2.05) is 32.0 Å². The SMILES string of the molecule is CNC(C)(C)C(=O)Nc1ccc2[nH]ncc2c1. The summed E-state index contributed by atoms with van der Waals surface area (Å²) in [6.07, 6.45) is 1.73. The van der Waals surface area contributed by atoms with Crippen molar-refractivity contribution in [3.05, 3.63) is 24.4 Å². The molecule has 0 spiro atoms. The summed E-state index contributed by atoms with van der Waals surface area (Å²) in [6.45, 7) is 3.66. The predicted molar refractivity (Wildman–Crippen MR) is 67.9 cm³/mol. The fourth-order valence-electron chi connectivity index (χ4n) is 1.42. The number of benzene rings is 1. The Balaban J connectivity index is 2.21. The Bertz CT molecular complexity index is 544. The van der Waals surface area contributed by atoms with Crippen molar-refractivity contribution in [2.45, 2.75) is 19.4 Å². The van der Waals surface area contributed by atoms with Crippen molar-refractivity contribution >= 4 is 22.5 Å². The fraction of sp³-hybridized carbons (Fsp3) is 0.333. The van der Waals surface area contributed by atoms with Gasteiger partial charge in [-0.2, -0.15) is 5.10 Å². The first-order chi connectivity index (χ1) is 8.03. The van der Waals surface area contributed by atoms with Crippen LogP contribution in [0.5, 0.6) is 0 Å². The molecule has 5 heteroatoms. The van der Waals surface area contributed by atoms with E-state index in [4.69, 9.17) is 0 Å². The molecule has 5 nitrogen and oxygen atoms in total. The highest BCUT2D eigenvalue weighted by Gasteiger charge is 2.25. The van der Waals surface area contributed by atoms with Gasteiger partial charge in [0.05, 0.1) is 17.3 Å². The molecule has 17 heavy (non-hydrogen) atoms. The van der Waals surface area contributed by atoms with E-state index in [-0.39, 0.29) is 5.91 Å². The van der Waals surface area contributed by atoms with Crippen LogP contribution in [0.4, 0.5) is 5.69 Å². The van der Waals surface area contributed by atoms with Crippen LogP contribution in [0.1, 0.15) is 13.8 Å². The van der Waals surface area contributed by atoms with Crippen LogP contribution in [0.15, 0.2) is 24.4 Å². The first-order valence-corrected chi connectivity index (χ1v) is 5.46. The third-order valence-corrected chi connectivity index (χ3v) is 2.89. The van der Waals surface area contributed by atoms with Crippen molar-refractivity contribution in [1.82, 2.24) is 15.5 Å². The molecule has 0 aliphatic carbocycles. The number of likely N-dealkylation sites (N-methyl/N-ethyl adjacent to an activating group) is 1. The molecular weight excluding hydrogens is 216 g/mol. The molecule has 0 radical (unpaired) electrons. The largest absolute Gasteiger partial charge is 0.324 e. The summed E-state index contributed by atoms with van der Waals surface area (Å²) in [5.74, 6) is -0.0668. The zero-order chi connectivity index (χ0) is 12.5. The summed E-state index contributed by atoms with van der Waals surface area (Å²) in [4.78, 5) is 11.9. The number of carbonyl (C=O) groups excluding carboxylic acids is 1. The van der Waals surface area contributed by atoms with Gasteiger partial charge in [-0.25, -0.2) is 0 Å². The number of hydrogen-bond donors (Lipinski definition) is 3. The lowest BCUT2D eigenvalue weighted by molar-refractivity contribution is -0.121. The normalized spacial score (nSPS) is 11.7. The maximum Gasteiger partial charge on any atom is 0.244 e. The molecule has 2 aromatic rings. The number of anilines is 1. The summed E-state index contributed by atoms with van der Waals surface area (Å²) < 4.78 is 0. The van der Waals surface area contributed by atoms with Gasteiger partial charge in [-0.3, -0.25) is 9.89 Å². The lowest BCUT2D eigenvalue weighted by Crippen LogP contribution is -2.47. The van der Waals surface area contributed by atoms with Crippen molar-refractivity contribution < 1.29 is 4.79 Å². The van der Waals surface area contributed by atoms with Crippen LogP contribution in [0.25, 0.3) is 10.9 Å². The first kappa shape index (κ1) is 11.6. The van der Waals surface area contributed by atoms with E-state index in [9.17, 15) is 4.79 Å². The minimum Gasteiger partial charge on any atom is -0.324 e. The molecular formula is C12H16N4O. The minimum absolute atomic E-state index is 0.0668. The second-order valence-corrected chi connectivity index (χ2v) is 4.50. The number of nitrogens with one attached hydrogen (secondary N) is 3. The van der Waals surface area contributed by atoms with Crippen molar-refractivity contribution in [2.24, 2.45) is 0 Å². The van der Waals surface area contributed by atoms with Gasteiger partial charge in [-0.05, 0) is 39.1 Å². The fourth-order valence-corrected chi connectivity index (χ4v) is 1.42. The van der Waals surface area contributed by atoms with Gasteiger partial charge in [0.2, 0.25) is 5.91 Å². The Morgan fingerprint density at radius 3 is 2.88 bits per heavy atom. The maximum atomic E-state index is 11.9. The summed E-state index contributed by atoms with van der Waals surface area (Å²) in [7, 11) is 1.76. The number of aromatic amines is 1. The van der Waals surface area contributed by atoms with Crippen LogP contribution in [-0.2, 0) is 4.79 Å². The van der Waals surface area contributed by atoms with Crippen molar-refractivity contribution in [2.75, 3.05) is 12.4 Å². The third-order valence-electron chi connectivity index (χ3n) is 2.89. The zero-order valence-electron chi connectivity index (χ0n) is 10.2. The molecule has 1 aromatic heterocycles. The third kappa shape index (κ3) is 2.29. The highest BCUT2D eigenvalue weighted by molar-refractivity contribution is 5.98. The van der Waals surface area contributed by atoms with Crippen LogP contribution in [0.3, 0.4) is 0 Å². The summed E-state index contributed by atoms with van der Waals surface area (Å²) in [5, 5.41) is 13.6. The highest BCUT2D eigenvalue weighted by Crippen LogP contribution is 2.17. The van der Waals surface area contributed by atoms with Gasteiger partial charge in [-0.15, -0.1) is 0 Å². The number of hydrogen-bond acceptors (Lipinski definition) is 3. The minimum atomic E-state index is -0.592. The number of amides is 1. The van der Waals surface area contributed by atoms with Gasteiger partial charge in [0.25, 0.3) is 0 Å². The quantitative estimate of drug-likeness (QED) is 0.751. The van der Waals surface area contributed by atoms with Gasteiger partial charge in [-0.1, -0.05) is 0 Å². The van der Waals surface area contributed by atoms with Crippen molar-refractivity contribution in [3.8, 4) is 0 Å².